The number of nitrogens with one attached hydrogen (secondary N) is 1. The summed E-state index contributed by atoms with van der Waals surface area (Å²) in [6.45, 7) is 9.58. The standard InChI is InChI=1S/C21H31N5S/c1-6-25-15(2)14-17(16(25)3)20-19(18-10-7-8-11-22-18)23-21(27)26(20)13-9-12-24(4)5/h7-8,10-11,14,19-20H,6,9,12-13H2,1-5H3,(H,23,27)/t19-,20-/m1/s1. The topological polar surface area (TPSA) is 36.3 Å². The Morgan fingerprint density at radius 2 is 2.04 bits per heavy atom. The normalized spacial score (nSPS) is 19.8. The van der Waals surface area contributed by atoms with Gasteiger partial charge >= 0.3 is 0 Å². The molecule has 3 heterocycles. The Kier molecular flexibility index (Phi) is 6.17. The van der Waals surface area contributed by atoms with E-state index >= 15 is 0 Å². The van der Waals surface area contributed by atoms with Crippen LogP contribution in [0.1, 0.15) is 48.1 Å². The molecule has 0 spiro atoms. The number of thiocarbonyl (C=S) groups is 1. The lowest BCUT2D eigenvalue weighted by molar-refractivity contribution is 0.292. The molecule has 0 saturated carbocycles. The summed E-state index contributed by atoms with van der Waals surface area (Å²) in [5.41, 5.74) is 5.02. The Bertz CT molecular complexity index is 783. The summed E-state index contributed by atoms with van der Waals surface area (Å²) in [4.78, 5) is 9.21. The summed E-state index contributed by atoms with van der Waals surface area (Å²) in [7, 11) is 4.23. The zero-order valence-electron chi connectivity index (χ0n) is 17.1. The lowest BCUT2D eigenvalue weighted by Gasteiger charge is -2.28. The lowest BCUT2D eigenvalue weighted by atomic mass is 9.96. The molecule has 2 atom stereocenters. The lowest BCUT2D eigenvalue weighted by Crippen LogP contribution is -2.32. The highest BCUT2D eigenvalue weighted by Crippen LogP contribution is 2.40. The number of aryl methyl sites for hydroxylation is 1. The van der Waals surface area contributed by atoms with Gasteiger partial charge < -0.3 is 19.7 Å². The minimum Gasteiger partial charge on any atom is -0.352 e. The molecule has 1 fully saturated rings. The van der Waals surface area contributed by atoms with Crippen molar-refractivity contribution in [2.45, 2.75) is 45.8 Å². The molecule has 2 aromatic heterocycles. The van der Waals surface area contributed by atoms with Crippen molar-refractivity contribution in [1.82, 2.24) is 24.7 Å². The van der Waals surface area contributed by atoms with E-state index in [1.165, 1.54) is 17.0 Å². The molecule has 1 saturated heterocycles. The fourth-order valence-corrected chi connectivity index (χ4v) is 4.49. The summed E-state index contributed by atoms with van der Waals surface area (Å²) in [6, 6.07) is 8.67. The molecular formula is C21H31N5S. The van der Waals surface area contributed by atoms with Gasteiger partial charge in [-0.1, -0.05) is 6.07 Å². The molecule has 146 valence electrons. The van der Waals surface area contributed by atoms with Gasteiger partial charge in [-0.25, -0.2) is 0 Å². The van der Waals surface area contributed by atoms with Crippen LogP contribution >= 0.6 is 12.2 Å². The predicted octanol–water partition coefficient (Wildman–Crippen LogP) is 3.44. The van der Waals surface area contributed by atoms with E-state index in [4.69, 9.17) is 12.2 Å². The van der Waals surface area contributed by atoms with Crippen LogP contribution in [0.3, 0.4) is 0 Å². The number of pyridine rings is 1. The van der Waals surface area contributed by atoms with E-state index in [1.54, 1.807) is 0 Å². The summed E-state index contributed by atoms with van der Waals surface area (Å²) < 4.78 is 2.38. The van der Waals surface area contributed by atoms with Crippen molar-refractivity contribution in [3.63, 3.8) is 0 Å². The van der Waals surface area contributed by atoms with Crippen LogP contribution in [0.15, 0.2) is 30.5 Å². The number of aromatic nitrogens is 2. The molecule has 0 unspecified atom stereocenters. The summed E-state index contributed by atoms with van der Waals surface area (Å²) in [6.07, 6.45) is 2.94. The van der Waals surface area contributed by atoms with Crippen LogP contribution in [-0.2, 0) is 6.54 Å². The molecule has 0 aliphatic carbocycles. The van der Waals surface area contributed by atoms with E-state index in [2.05, 4.69) is 71.7 Å². The third-order valence-electron chi connectivity index (χ3n) is 5.45. The van der Waals surface area contributed by atoms with E-state index in [0.29, 0.717) is 0 Å². The van der Waals surface area contributed by atoms with Gasteiger partial charge in [0.1, 0.15) is 0 Å². The van der Waals surface area contributed by atoms with E-state index in [9.17, 15) is 0 Å². The molecule has 0 amide bonds. The monoisotopic (exact) mass is 385 g/mol. The molecule has 27 heavy (non-hydrogen) atoms. The summed E-state index contributed by atoms with van der Waals surface area (Å²) >= 11 is 5.75. The van der Waals surface area contributed by atoms with E-state index in [-0.39, 0.29) is 12.1 Å². The number of hydrogen-bond donors (Lipinski definition) is 1. The summed E-state index contributed by atoms with van der Waals surface area (Å²) in [5.74, 6) is 0. The fraction of sp³-hybridized carbons (Fsp3) is 0.524. The Morgan fingerprint density at radius 3 is 2.63 bits per heavy atom. The molecule has 5 nitrogen and oxygen atoms in total. The predicted molar refractivity (Wildman–Crippen MR) is 115 cm³/mol. The van der Waals surface area contributed by atoms with Crippen molar-refractivity contribution in [3.05, 3.63) is 53.1 Å². The zero-order valence-corrected chi connectivity index (χ0v) is 17.9. The maximum absolute atomic E-state index is 5.75. The second kappa shape index (κ2) is 8.40. The maximum Gasteiger partial charge on any atom is 0.170 e. The van der Waals surface area contributed by atoms with Crippen molar-refractivity contribution in [2.75, 3.05) is 27.2 Å². The maximum atomic E-state index is 5.75. The SMILES string of the molecule is CCn1c(C)cc([C@@H]2[C@@H](c3ccccn3)NC(=S)N2CCCN(C)C)c1C. The van der Waals surface area contributed by atoms with Crippen LogP contribution in [0.4, 0.5) is 0 Å². The average molecular weight is 386 g/mol. The minimum atomic E-state index is 0.0730. The largest absolute Gasteiger partial charge is 0.352 e. The van der Waals surface area contributed by atoms with E-state index < -0.39 is 0 Å². The molecule has 6 heteroatoms. The first-order valence-electron chi connectivity index (χ1n) is 9.73. The van der Waals surface area contributed by atoms with Gasteiger partial charge in [0.15, 0.2) is 5.11 Å². The first-order chi connectivity index (χ1) is 12.9. The average Bonchev–Trinajstić information content (AvgIpc) is 3.11. The molecule has 0 radical (unpaired) electrons. The van der Waals surface area contributed by atoms with Crippen molar-refractivity contribution >= 4 is 17.3 Å². The summed E-state index contributed by atoms with van der Waals surface area (Å²) in [5, 5.41) is 4.38. The zero-order chi connectivity index (χ0) is 19.6. The number of hydrogen-bond acceptors (Lipinski definition) is 3. The van der Waals surface area contributed by atoms with Crippen LogP contribution in [0, 0.1) is 13.8 Å². The molecule has 0 bridgehead atoms. The highest BCUT2D eigenvalue weighted by molar-refractivity contribution is 7.80. The molecule has 3 rings (SSSR count). The van der Waals surface area contributed by atoms with Gasteiger partial charge in [0.05, 0.1) is 17.8 Å². The number of nitrogens with zero attached hydrogens (tertiary/aromatic N) is 4. The molecule has 1 aliphatic rings. The van der Waals surface area contributed by atoms with Crippen LogP contribution in [0.2, 0.25) is 0 Å². The highest BCUT2D eigenvalue weighted by atomic mass is 32.1. The van der Waals surface area contributed by atoms with Gasteiger partial charge in [-0.2, -0.15) is 0 Å². The smallest absolute Gasteiger partial charge is 0.170 e. The third-order valence-corrected chi connectivity index (χ3v) is 5.80. The second-order valence-corrected chi connectivity index (χ2v) is 7.93. The van der Waals surface area contributed by atoms with Gasteiger partial charge in [-0.15, -0.1) is 0 Å². The van der Waals surface area contributed by atoms with Crippen molar-refractivity contribution in [3.8, 4) is 0 Å². The first kappa shape index (κ1) is 19.8. The highest BCUT2D eigenvalue weighted by Gasteiger charge is 2.40. The van der Waals surface area contributed by atoms with Crippen LogP contribution in [0.5, 0.6) is 0 Å². The van der Waals surface area contributed by atoms with E-state index in [0.717, 1.165) is 36.9 Å². The molecule has 1 N–H and O–H groups in total. The molecule has 0 aromatic carbocycles. The second-order valence-electron chi connectivity index (χ2n) is 7.55. The third kappa shape index (κ3) is 4.01. The van der Waals surface area contributed by atoms with Crippen LogP contribution < -0.4 is 5.32 Å². The number of rotatable bonds is 7. The Morgan fingerprint density at radius 1 is 1.26 bits per heavy atom. The molecule has 2 aromatic rings. The van der Waals surface area contributed by atoms with Gasteiger partial charge in [0.2, 0.25) is 0 Å². The van der Waals surface area contributed by atoms with Crippen LogP contribution in [0.25, 0.3) is 0 Å². The Labute approximate surface area is 168 Å². The van der Waals surface area contributed by atoms with Crippen molar-refractivity contribution in [1.29, 1.82) is 0 Å². The minimum absolute atomic E-state index is 0.0730. The van der Waals surface area contributed by atoms with Crippen LogP contribution in [-0.4, -0.2) is 51.6 Å². The Hall–Kier alpha value is -1.92. The quantitative estimate of drug-likeness (QED) is 0.739. The molecular weight excluding hydrogens is 354 g/mol. The van der Waals surface area contributed by atoms with Gasteiger partial charge in [-0.3, -0.25) is 4.98 Å². The van der Waals surface area contributed by atoms with Crippen molar-refractivity contribution < 1.29 is 0 Å². The van der Waals surface area contributed by atoms with Gasteiger partial charge in [0.25, 0.3) is 0 Å². The Balaban J connectivity index is 1.99. The molecule has 1 aliphatic heterocycles. The van der Waals surface area contributed by atoms with Gasteiger partial charge in [-0.05, 0) is 83.8 Å². The first-order valence-corrected chi connectivity index (χ1v) is 10.1. The fourth-order valence-electron chi connectivity index (χ4n) is 4.16. The van der Waals surface area contributed by atoms with Crippen molar-refractivity contribution in [2.24, 2.45) is 0 Å². The van der Waals surface area contributed by atoms with E-state index in [1.807, 2.05) is 18.3 Å². The van der Waals surface area contributed by atoms with Gasteiger partial charge in [0, 0.05) is 30.7 Å².